The summed E-state index contributed by atoms with van der Waals surface area (Å²) in [5.41, 5.74) is 2.50. The Balaban J connectivity index is 1.62. The van der Waals surface area contributed by atoms with Crippen LogP contribution in [0.4, 0.5) is 0 Å². The van der Waals surface area contributed by atoms with Crippen molar-refractivity contribution in [3.8, 4) is 5.75 Å². The molecule has 0 spiro atoms. The molecule has 0 saturated carbocycles. The summed E-state index contributed by atoms with van der Waals surface area (Å²) in [5.74, 6) is 0.907. The second-order valence-corrected chi connectivity index (χ2v) is 5.76. The molecule has 0 saturated heterocycles. The maximum atomic E-state index is 5.29. The zero-order chi connectivity index (χ0) is 13.8. The smallest absolute Gasteiger partial charge is 0.119 e. The Bertz CT molecular complexity index is 673. The Morgan fingerprint density at radius 2 is 2.25 bits per heavy atom. The largest absolute Gasteiger partial charge is 0.497 e. The maximum absolute atomic E-state index is 5.29. The molecule has 0 aliphatic heterocycles. The lowest BCUT2D eigenvalue weighted by Crippen LogP contribution is -2.15. The third-order valence-corrected chi connectivity index (χ3v) is 4.30. The van der Waals surface area contributed by atoms with Crippen molar-refractivity contribution in [3.63, 3.8) is 0 Å². The van der Waals surface area contributed by atoms with Crippen molar-refractivity contribution >= 4 is 22.2 Å². The minimum Gasteiger partial charge on any atom is -0.497 e. The highest BCUT2D eigenvalue weighted by Gasteiger charge is 2.05. The van der Waals surface area contributed by atoms with Gasteiger partial charge in [-0.3, -0.25) is 0 Å². The molecule has 20 heavy (non-hydrogen) atoms. The molecule has 3 rings (SSSR count). The van der Waals surface area contributed by atoms with Gasteiger partial charge in [-0.2, -0.15) is 0 Å². The van der Waals surface area contributed by atoms with E-state index in [-0.39, 0.29) is 0 Å². The molecule has 4 heteroatoms. The number of thiophene rings is 1. The summed E-state index contributed by atoms with van der Waals surface area (Å²) < 4.78 is 5.29. The van der Waals surface area contributed by atoms with Gasteiger partial charge in [-0.15, -0.1) is 11.3 Å². The quantitative estimate of drug-likeness (QED) is 0.680. The first-order chi connectivity index (χ1) is 9.86. The van der Waals surface area contributed by atoms with E-state index in [4.69, 9.17) is 4.74 Å². The standard InChI is InChI=1S/C16H18N2OS/c1-19-13-4-5-16-15(9-13)12(10-18-16)6-7-17-11-14-3-2-8-20-14/h2-5,8-10,17-18H,6-7,11H2,1H3. The molecule has 2 aromatic heterocycles. The van der Waals surface area contributed by atoms with Crippen molar-refractivity contribution in [2.45, 2.75) is 13.0 Å². The van der Waals surface area contributed by atoms with Crippen molar-refractivity contribution in [2.24, 2.45) is 0 Å². The SMILES string of the molecule is COc1ccc2[nH]cc(CCNCc3cccs3)c2c1. The molecule has 0 radical (unpaired) electrons. The fourth-order valence-electron chi connectivity index (χ4n) is 2.34. The zero-order valence-electron chi connectivity index (χ0n) is 11.5. The molecule has 0 aliphatic carbocycles. The van der Waals surface area contributed by atoms with Gasteiger partial charge in [0.15, 0.2) is 0 Å². The third-order valence-electron chi connectivity index (χ3n) is 3.43. The Morgan fingerprint density at radius 1 is 1.30 bits per heavy atom. The van der Waals surface area contributed by atoms with Crippen LogP contribution in [0, 0.1) is 0 Å². The molecule has 0 amide bonds. The Morgan fingerprint density at radius 3 is 3.05 bits per heavy atom. The lowest BCUT2D eigenvalue weighted by molar-refractivity contribution is 0.415. The first-order valence-electron chi connectivity index (χ1n) is 6.74. The summed E-state index contributed by atoms with van der Waals surface area (Å²) in [5, 5.41) is 6.85. The lowest BCUT2D eigenvalue weighted by atomic mass is 10.1. The molecule has 1 aromatic carbocycles. The topological polar surface area (TPSA) is 37.0 Å². The number of rotatable bonds is 6. The van der Waals surface area contributed by atoms with Crippen LogP contribution in [0.15, 0.2) is 41.9 Å². The van der Waals surface area contributed by atoms with Crippen LogP contribution in [0.3, 0.4) is 0 Å². The number of hydrogen-bond donors (Lipinski definition) is 2. The number of aromatic amines is 1. The first kappa shape index (κ1) is 13.2. The van der Waals surface area contributed by atoms with Crippen LogP contribution in [0.25, 0.3) is 10.9 Å². The molecule has 2 heterocycles. The Kier molecular flexibility index (Phi) is 4.04. The highest BCUT2D eigenvalue weighted by atomic mass is 32.1. The molecule has 3 aromatic rings. The number of H-pyrrole nitrogens is 1. The molecule has 0 unspecified atom stereocenters. The molecule has 104 valence electrons. The van der Waals surface area contributed by atoms with Gasteiger partial charge < -0.3 is 15.0 Å². The van der Waals surface area contributed by atoms with Gasteiger partial charge in [-0.25, -0.2) is 0 Å². The Labute approximate surface area is 122 Å². The monoisotopic (exact) mass is 286 g/mol. The van der Waals surface area contributed by atoms with Gasteiger partial charge in [0.1, 0.15) is 5.75 Å². The van der Waals surface area contributed by atoms with Crippen molar-refractivity contribution in [3.05, 3.63) is 52.3 Å². The van der Waals surface area contributed by atoms with Gasteiger partial charge in [-0.05, 0) is 48.2 Å². The molecule has 0 bridgehead atoms. The summed E-state index contributed by atoms with van der Waals surface area (Å²) in [6.45, 7) is 1.92. The van der Waals surface area contributed by atoms with E-state index in [1.54, 1.807) is 18.4 Å². The number of benzene rings is 1. The van der Waals surface area contributed by atoms with E-state index in [1.807, 2.05) is 6.07 Å². The van der Waals surface area contributed by atoms with Gasteiger partial charge in [-0.1, -0.05) is 6.07 Å². The van der Waals surface area contributed by atoms with Crippen molar-refractivity contribution in [2.75, 3.05) is 13.7 Å². The van der Waals surface area contributed by atoms with Gasteiger partial charge >= 0.3 is 0 Å². The normalized spacial score (nSPS) is 11.1. The average molecular weight is 286 g/mol. The number of aromatic nitrogens is 1. The predicted molar refractivity (Wildman–Crippen MR) is 84.6 cm³/mol. The van der Waals surface area contributed by atoms with Crippen molar-refractivity contribution < 1.29 is 4.74 Å². The number of nitrogens with one attached hydrogen (secondary N) is 2. The predicted octanol–water partition coefficient (Wildman–Crippen LogP) is 3.57. The van der Waals surface area contributed by atoms with E-state index in [0.29, 0.717) is 0 Å². The van der Waals surface area contributed by atoms with Gasteiger partial charge in [0.2, 0.25) is 0 Å². The highest BCUT2D eigenvalue weighted by Crippen LogP contribution is 2.23. The van der Waals surface area contributed by atoms with Crippen LogP contribution in [0.1, 0.15) is 10.4 Å². The van der Waals surface area contributed by atoms with Crippen LogP contribution < -0.4 is 10.1 Å². The third kappa shape index (κ3) is 2.86. The zero-order valence-corrected chi connectivity index (χ0v) is 12.3. The van der Waals surface area contributed by atoms with E-state index in [1.165, 1.54) is 21.3 Å². The highest BCUT2D eigenvalue weighted by molar-refractivity contribution is 7.09. The number of hydrogen-bond acceptors (Lipinski definition) is 3. The van der Waals surface area contributed by atoms with Crippen LogP contribution in [0.2, 0.25) is 0 Å². The first-order valence-corrected chi connectivity index (χ1v) is 7.62. The van der Waals surface area contributed by atoms with Gasteiger partial charge in [0.05, 0.1) is 7.11 Å². The van der Waals surface area contributed by atoms with E-state index in [9.17, 15) is 0 Å². The van der Waals surface area contributed by atoms with Crippen LogP contribution in [0.5, 0.6) is 5.75 Å². The Hall–Kier alpha value is -1.78. The van der Waals surface area contributed by atoms with Crippen molar-refractivity contribution in [1.82, 2.24) is 10.3 Å². The van der Waals surface area contributed by atoms with E-state index in [0.717, 1.165) is 25.3 Å². The fourth-order valence-corrected chi connectivity index (χ4v) is 3.01. The summed E-state index contributed by atoms with van der Waals surface area (Å²) in [6.07, 6.45) is 3.11. The number of fused-ring (bicyclic) bond motifs is 1. The summed E-state index contributed by atoms with van der Waals surface area (Å²) >= 11 is 1.79. The molecule has 2 N–H and O–H groups in total. The second kappa shape index (κ2) is 6.11. The molecule has 0 aliphatic rings. The molecular formula is C16H18N2OS. The fraction of sp³-hybridized carbons (Fsp3) is 0.250. The van der Waals surface area contributed by atoms with Crippen LogP contribution >= 0.6 is 11.3 Å². The summed E-state index contributed by atoms with van der Waals surface area (Å²) in [6, 6.07) is 10.4. The minimum absolute atomic E-state index is 0.907. The number of methoxy groups -OCH3 is 1. The lowest BCUT2D eigenvalue weighted by Gasteiger charge is -2.04. The molecular weight excluding hydrogens is 268 g/mol. The molecule has 0 atom stereocenters. The number of ether oxygens (including phenoxy) is 1. The average Bonchev–Trinajstić information content (AvgIpc) is 3.13. The maximum Gasteiger partial charge on any atom is 0.119 e. The van der Waals surface area contributed by atoms with Gasteiger partial charge in [0, 0.05) is 28.5 Å². The summed E-state index contributed by atoms with van der Waals surface area (Å²) in [4.78, 5) is 4.69. The minimum atomic E-state index is 0.907. The van der Waals surface area contributed by atoms with Crippen molar-refractivity contribution in [1.29, 1.82) is 0 Å². The van der Waals surface area contributed by atoms with E-state index < -0.39 is 0 Å². The van der Waals surface area contributed by atoms with E-state index in [2.05, 4.69) is 46.1 Å². The summed E-state index contributed by atoms with van der Waals surface area (Å²) in [7, 11) is 1.70. The van der Waals surface area contributed by atoms with E-state index >= 15 is 0 Å². The van der Waals surface area contributed by atoms with Gasteiger partial charge in [0.25, 0.3) is 0 Å². The van der Waals surface area contributed by atoms with Crippen LogP contribution in [-0.4, -0.2) is 18.6 Å². The molecule has 0 fully saturated rings. The second-order valence-electron chi connectivity index (χ2n) is 4.73. The van der Waals surface area contributed by atoms with Crippen LogP contribution in [-0.2, 0) is 13.0 Å². The molecule has 3 nitrogen and oxygen atoms in total.